The Labute approximate surface area is 209 Å². The summed E-state index contributed by atoms with van der Waals surface area (Å²) in [5.41, 5.74) is -1.53. The maximum atomic E-state index is 15.6. The van der Waals surface area contributed by atoms with E-state index in [1.54, 1.807) is 24.3 Å². The summed E-state index contributed by atoms with van der Waals surface area (Å²) in [5.74, 6) is -5.69. The second kappa shape index (κ2) is 15.7. The molecular weight excluding hydrogens is 450 g/mol. The van der Waals surface area contributed by atoms with Crippen LogP contribution in [-0.2, 0) is 15.1 Å². The van der Waals surface area contributed by atoms with Gasteiger partial charge in [-0.1, -0.05) is 102 Å². The lowest BCUT2D eigenvalue weighted by Crippen LogP contribution is -2.38. The van der Waals surface area contributed by atoms with E-state index in [0.717, 1.165) is 51.0 Å². The van der Waals surface area contributed by atoms with Gasteiger partial charge in [0.1, 0.15) is 11.6 Å². The highest BCUT2D eigenvalue weighted by Gasteiger charge is 2.44. The van der Waals surface area contributed by atoms with E-state index in [4.69, 9.17) is 9.47 Å². The molecule has 35 heavy (non-hydrogen) atoms. The molecule has 0 saturated carbocycles. The number of carboxylic acids is 1. The molecule has 196 valence electrons. The largest absolute Gasteiger partial charge is 0.549 e. The van der Waals surface area contributed by atoms with Gasteiger partial charge in [-0.3, -0.25) is 0 Å². The SMILES string of the molecule is CCCCCCCCOc1ccccc1C1(OCCCCCCCC)C=CC(C(=O)[O-])C(F)=C1F. The second-order valence-electron chi connectivity index (χ2n) is 9.28. The first kappa shape index (κ1) is 29.0. The number of carbonyl (C=O) groups is 1. The molecule has 0 aromatic heterocycles. The van der Waals surface area contributed by atoms with E-state index in [1.807, 2.05) is 0 Å². The second-order valence-corrected chi connectivity index (χ2v) is 9.28. The van der Waals surface area contributed by atoms with Gasteiger partial charge in [-0.15, -0.1) is 0 Å². The monoisotopic (exact) mass is 491 g/mol. The summed E-state index contributed by atoms with van der Waals surface area (Å²) >= 11 is 0. The lowest BCUT2D eigenvalue weighted by Gasteiger charge is -2.35. The third-order valence-corrected chi connectivity index (χ3v) is 6.46. The number of para-hydroxylation sites is 1. The molecule has 0 spiro atoms. The Kier molecular flexibility index (Phi) is 13.0. The molecule has 1 aliphatic rings. The zero-order chi connectivity index (χ0) is 25.5. The first-order chi connectivity index (χ1) is 17.0. The van der Waals surface area contributed by atoms with E-state index >= 15 is 4.39 Å². The van der Waals surface area contributed by atoms with Crippen molar-refractivity contribution in [1.29, 1.82) is 0 Å². The number of aliphatic carboxylic acids is 1. The molecule has 1 aliphatic carbocycles. The summed E-state index contributed by atoms with van der Waals surface area (Å²) in [4.78, 5) is 11.3. The van der Waals surface area contributed by atoms with E-state index in [0.29, 0.717) is 24.3 Å². The first-order valence-corrected chi connectivity index (χ1v) is 13.3. The van der Waals surface area contributed by atoms with Crippen LogP contribution in [0.5, 0.6) is 5.75 Å². The molecule has 2 atom stereocenters. The third-order valence-electron chi connectivity index (χ3n) is 6.46. The number of hydrogen-bond acceptors (Lipinski definition) is 4. The fourth-order valence-electron chi connectivity index (χ4n) is 4.36. The molecular formula is C29H41F2O4-. The predicted octanol–water partition coefficient (Wildman–Crippen LogP) is 7.08. The van der Waals surface area contributed by atoms with Crippen molar-refractivity contribution in [3.05, 3.63) is 53.6 Å². The molecule has 0 bridgehead atoms. The molecule has 1 aromatic rings. The minimum Gasteiger partial charge on any atom is -0.549 e. The minimum absolute atomic E-state index is 0.207. The van der Waals surface area contributed by atoms with Gasteiger partial charge in [-0.05, 0) is 25.0 Å². The van der Waals surface area contributed by atoms with Crippen LogP contribution in [0.15, 0.2) is 48.1 Å². The van der Waals surface area contributed by atoms with Crippen LogP contribution in [0.25, 0.3) is 0 Å². The Morgan fingerprint density at radius 3 is 2.09 bits per heavy atom. The van der Waals surface area contributed by atoms with Crippen LogP contribution in [0.3, 0.4) is 0 Å². The van der Waals surface area contributed by atoms with Gasteiger partial charge in [0, 0.05) is 12.2 Å². The van der Waals surface area contributed by atoms with Crippen molar-refractivity contribution in [2.75, 3.05) is 13.2 Å². The molecule has 0 N–H and O–H groups in total. The number of ether oxygens (including phenoxy) is 2. The fraction of sp³-hybridized carbons (Fsp3) is 0.621. The van der Waals surface area contributed by atoms with Gasteiger partial charge in [0.15, 0.2) is 11.4 Å². The number of halogens is 2. The molecule has 0 aliphatic heterocycles. The van der Waals surface area contributed by atoms with Gasteiger partial charge in [0.05, 0.1) is 18.5 Å². The molecule has 6 heteroatoms. The predicted molar refractivity (Wildman–Crippen MR) is 133 cm³/mol. The van der Waals surface area contributed by atoms with E-state index in [-0.39, 0.29) is 6.61 Å². The van der Waals surface area contributed by atoms with Crippen molar-refractivity contribution < 1.29 is 28.2 Å². The third kappa shape index (κ3) is 8.45. The van der Waals surface area contributed by atoms with Crippen LogP contribution < -0.4 is 9.84 Å². The zero-order valence-corrected chi connectivity index (χ0v) is 21.3. The molecule has 2 unspecified atom stereocenters. The molecule has 0 radical (unpaired) electrons. The minimum atomic E-state index is -1.86. The topological polar surface area (TPSA) is 58.6 Å². The quantitative estimate of drug-likeness (QED) is 0.163. The average Bonchev–Trinajstić information content (AvgIpc) is 2.85. The van der Waals surface area contributed by atoms with Crippen LogP contribution in [0, 0.1) is 5.92 Å². The summed E-state index contributed by atoms with van der Waals surface area (Å²) in [5, 5.41) is 11.3. The number of carbonyl (C=O) groups excluding carboxylic acids is 1. The Morgan fingerprint density at radius 1 is 0.886 bits per heavy atom. The van der Waals surface area contributed by atoms with Crippen molar-refractivity contribution >= 4 is 5.97 Å². The number of hydrogen-bond donors (Lipinski definition) is 0. The molecule has 4 nitrogen and oxygen atoms in total. The normalized spacial score (nSPS) is 19.8. The summed E-state index contributed by atoms with van der Waals surface area (Å²) < 4.78 is 42.5. The van der Waals surface area contributed by atoms with E-state index in [9.17, 15) is 14.3 Å². The molecule has 0 saturated heterocycles. The van der Waals surface area contributed by atoms with Crippen molar-refractivity contribution in [3.8, 4) is 5.75 Å². The highest BCUT2D eigenvalue weighted by Crippen LogP contribution is 2.46. The lowest BCUT2D eigenvalue weighted by atomic mass is 9.83. The van der Waals surface area contributed by atoms with E-state index < -0.39 is 29.1 Å². The van der Waals surface area contributed by atoms with Crippen molar-refractivity contribution in [1.82, 2.24) is 0 Å². The molecule has 0 amide bonds. The fourth-order valence-corrected chi connectivity index (χ4v) is 4.36. The summed E-state index contributed by atoms with van der Waals surface area (Å²) in [7, 11) is 0. The smallest absolute Gasteiger partial charge is 0.173 e. The van der Waals surface area contributed by atoms with Gasteiger partial charge >= 0.3 is 0 Å². The Balaban J connectivity index is 2.18. The maximum absolute atomic E-state index is 15.6. The Hall–Kier alpha value is -2.21. The van der Waals surface area contributed by atoms with Gasteiger partial charge in [0.25, 0.3) is 0 Å². The van der Waals surface area contributed by atoms with Gasteiger partial charge in [-0.25, -0.2) is 8.78 Å². The standard InChI is InChI=1S/C29H42F2O4/c1-3-5-7-9-11-15-21-34-25-18-14-13-17-24(25)29(35-22-16-12-10-8-6-4-2)20-19-23(28(32)33)26(30)27(29)31/h13-14,17-20,23H,3-12,15-16,21-22H2,1-2H3,(H,32,33)/p-1. The summed E-state index contributed by atoms with van der Waals surface area (Å²) in [6, 6.07) is 6.85. The van der Waals surface area contributed by atoms with Crippen LogP contribution in [0.4, 0.5) is 8.78 Å². The number of unbranched alkanes of at least 4 members (excludes halogenated alkanes) is 10. The molecule has 0 fully saturated rings. The number of rotatable bonds is 18. The molecule has 0 heterocycles. The summed E-state index contributed by atoms with van der Waals surface area (Å²) in [6.45, 7) is 4.99. The zero-order valence-electron chi connectivity index (χ0n) is 21.3. The highest BCUT2D eigenvalue weighted by atomic mass is 19.2. The molecule has 2 rings (SSSR count). The average molecular weight is 492 g/mol. The van der Waals surface area contributed by atoms with Crippen molar-refractivity contribution in [2.45, 2.75) is 96.5 Å². The summed E-state index contributed by atoms with van der Waals surface area (Å²) in [6.07, 6.45) is 15.2. The van der Waals surface area contributed by atoms with Crippen LogP contribution in [0.1, 0.15) is 96.5 Å². The van der Waals surface area contributed by atoms with Gasteiger partial charge < -0.3 is 19.4 Å². The maximum Gasteiger partial charge on any atom is 0.173 e. The van der Waals surface area contributed by atoms with Crippen LogP contribution in [-0.4, -0.2) is 19.2 Å². The first-order valence-electron chi connectivity index (χ1n) is 13.3. The lowest BCUT2D eigenvalue weighted by molar-refractivity contribution is -0.309. The Bertz CT molecular complexity index is 836. The molecule has 1 aromatic carbocycles. The van der Waals surface area contributed by atoms with Crippen LogP contribution >= 0.6 is 0 Å². The van der Waals surface area contributed by atoms with Crippen molar-refractivity contribution in [2.24, 2.45) is 5.92 Å². The van der Waals surface area contributed by atoms with E-state index in [2.05, 4.69) is 13.8 Å². The number of carboxylic acid groups (broad SMARTS) is 1. The number of benzene rings is 1. The van der Waals surface area contributed by atoms with Crippen LogP contribution in [0.2, 0.25) is 0 Å². The van der Waals surface area contributed by atoms with Gasteiger partial charge in [-0.2, -0.15) is 0 Å². The van der Waals surface area contributed by atoms with Crippen molar-refractivity contribution in [3.63, 3.8) is 0 Å². The highest BCUT2D eigenvalue weighted by molar-refractivity contribution is 5.74. The Morgan fingerprint density at radius 2 is 1.46 bits per heavy atom. The van der Waals surface area contributed by atoms with E-state index in [1.165, 1.54) is 31.8 Å². The van der Waals surface area contributed by atoms with Gasteiger partial charge in [0.2, 0.25) is 0 Å².